The fraction of sp³-hybridized carbons (Fsp3) is 0.286. The summed E-state index contributed by atoms with van der Waals surface area (Å²) in [6.45, 7) is 1.24. The van der Waals surface area contributed by atoms with E-state index in [1.54, 1.807) is 4.72 Å². The number of hydrogen-bond donors (Lipinski definition) is 3. The highest BCUT2D eigenvalue weighted by Crippen LogP contribution is 2.36. The van der Waals surface area contributed by atoms with Gasteiger partial charge in [-0.05, 0) is 12.5 Å². The first-order chi connectivity index (χ1) is 13.0. The average Bonchev–Trinajstić information content (AvgIpc) is 2.60. The van der Waals surface area contributed by atoms with Crippen molar-refractivity contribution in [3.63, 3.8) is 0 Å². The van der Waals surface area contributed by atoms with Crippen molar-refractivity contribution in [1.29, 1.82) is 0 Å². The van der Waals surface area contributed by atoms with Gasteiger partial charge in [-0.15, -0.1) is 0 Å². The number of amides is 1. The van der Waals surface area contributed by atoms with Gasteiger partial charge >= 0.3 is 12.1 Å². The molecule has 0 saturated carbocycles. The molecule has 1 aromatic rings. The summed E-state index contributed by atoms with van der Waals surface area (Å²) in [5, 5.41) is 30.2. The predicted octanol–water partition coefficient (Wildman–Crippen LogP) is 0.184. The summed E-state index contributed by atoms with van der Waals surface area (Å²) in [4.78, 5) is 48.7. The molecule has 0 radical (unpaired) electrons. The average molecular weight is 414 g/mol. The van der Waals surface area contributed by atoms with Gasteiger partial charge in [-0.25, -0.2) is 13.2 Å². The number of rotatable bonds is 6. The predicted molar refractivity (Wildman–Crippen MR) is 92.5 cm³/mol. The summed E-state index contributed by atoms with van der Waals surface area (Å²) in [6, 6.07) is 3.07. The Morgan fingerprint density at radius 2 is 2.00 bits per heavy atom. The Kier molecular flexibility index (Phi) is 5.75. The van der Waals surface area contributed by atoms with Crippen LogP contribution < -0.4 is 4.72 Å². The summed E-state index contributed by atoms with van der Waals surface area (Å²) in [7, 11) is -4.57. The number of aliphatic carboxylic acids is 1. The lowest BCUT2D eigenvalue weighted by atomic mass is 9.86. The van der Waals surface area contributed by atoms with Crippen LogP contribution in [0.1, 0.15) is 18.5 Å². The number of hydrogen-bond acceptors (Lipinski definition) is 8. The Labute approximate surface area is 157 Å². The topological polar surface area (TPSA) is 197 Å². The van der Waals surface area contributed by atoms with Gasteiger partial charge in [0.1, 0.15) is 5.92 Å². The Morgan fingerprint density at radius 3 is 2.50 bits per heavy atom. The molecule has 0 fully saturated rings. The Bertz CT molecular complexity index is 975. The SMILES string of the molecule is CC1=NC(NS(=O)(=O)C=O)N(C(=O)O)C(c2cccc([N+](=O)[O-])c2)C1C(=O)O. The van der Waals surface area contributed by atoms with Crippen molar-refractivity contribution in [3.05, 3.63) is 39.9 Å². The molecule has 3 unspecified atom stereocenters. The van der Waals surface area contributed by atoms with Crippen LogP contribution in [0.25, 0.3) is 0 Å². The van der Waals surface area contributed by atoms with Crippen molar-refractivity contribution in [3.8, 4) is 0 Å². The van der Waals surface area contributed by atoms with E-state index in [1.165, 1.54) is 19.1 Å². The number of carbonyl (C=O) groups excluding carboxylic acids is 1. The maximum Gasteiger partial charge on any atom is 0.410 e. The van der Waals surface area contributed by atoms with Crippen molar-refractivity contribution in [2.24, 2.45) is 10.9 Å². The van der Waals surface area contributed by atoms with Gasteiger partial charge < -0.3 is 10.2 Å². The van der Waals surface area contributed by atoms with Crippen LogP contribution in [0.2, 0.25) is 0 Å². The smallest absolute Gasteiger partial charge is 0.410 e. The Balaban J connectivity index is 2.69. The van der Waals surface area contributed by atoms with Crippen molar-refractivity contribution in [2.45, 2.75) is 19.3 Å². The number of carbonyl (C=O) groups is 3. The van der Waals surface area contributed by atoms with E-state index < -0.39 is 56.6 Å². The first kappa shape index (κ1) is 20.9. The van der Waals surface area contributed by atoms with Gasteiger partial charge in [0, 0.05) is 17.8 Å². The van der Waals surface area contributed by atoms with Crippen LogP contribution in [0.5, 0.6) is 0 Å². The molecule has 1 aromatic carbocycles. The van der Waals surface area contributed by atoms with Gasteiger partial charge in [-0.3, -0.25) is 29.6 Å². The van der Waals surface area contributed by atoms with E-state index in [0.717, 1.165) is 12.1 Å². The zero-order chi connectivity index (χ0) is 21.2. The second kappa shape index (κ2) is 7.69. The standard InChI is InChI=1S/C14H14N4O9S/c1-7-10(12(20)21)11(8-3-2-4-9(5-8)18(24)25)17(14(22)23)13(15-7)16-28(26,27)6-19/h2-6,10-11,13,16H,1H3,(H,20,21)(H,22,23). The minimum atomic E-state index is -4.57. The van der Waals surface area contributed by atoms with Gasteiger partial charge in [0.2, 0.25) is 5.62 Å². The summed E-state index contributed by atoms with van der Waals surface area (Å²) >= 11 is 0. The number of carboxylic acids is 1. The third-order valence-electron chi connectivity index (χ3n) is 3.96. The van der Waals surface area contributed by atoms with Gasteiger partial charge in [-0.1, -0.05) is 12.1 Å². The first-order valence-corrected chi connectivity index (χ1v) is 9.03. The zero-order valence-electron chi connectivity index (χ0n) is 14.1. The summed E-state index contributed by atoms with van der Waals surface area (Å²) < 4.78 is 24.9. The molecule has 0 aromatic heterocycles. The van der Waals surface area contributed by atoms with E-state index in [0.29, 0.717) is 4.90 Å². The fourth-order valence-corrected chi connectivity index (χ4v) is 3.36. The number of nitro benzene ring substituents is 1. The lowest BCUT2D eigenvalue weighted by Gasteiger charge is -2.40. The van der Waals surface area contributed by atoms with E-state index in [9.17, 15) is 43.1 Å². The largest absolute Gasteiger partial charge is 0.481 e. The third kappa shape index (κ3) is 4.12. The number of benzene rings is 1. The van der Waals surface area contributed by atoms with E-state index in [1.807, 2.05) is 0 Å². The quantitative estimate of drug-likeness (QED) is 0.330. The molecule has 1 amide bonds. The molecule has 3 atom stereocenters. The van der Waals surface area contributed by atoms with Crippen molar-refractivity contribution >= 4 is 39.1 Å². The number of nitrogens with zero attached hydrogens (tertiary/aromatic N) is 3. The number of nitro groups is 1. The molecule has 0 bridgehead atoms. The zero-order valence-corrected chi connectivity index (χ0v) is 14.9. The van der Waals surface area contributed by atoms with Crippen LogP contribution in [-0.2, 0) is 19.6 Å². The normalized spacial score (nSPS) is 22.2. The molecule has 0 aliphatic carbocycles. The second-order valence-electron chi connectivity index (χ2n) is 5.71. The Morgan fingerprint density at radius 1 is 1.36 bits per heavy atom. The van der Waals surface area contributed by atoms with Crippen LogP contribution in [0.4, 0.5) is 10.5 Å². The molecule has 0 spiro atoms. The molecule has 1 aliphatic rings. The molecular formula is C14H14N4O9S. The maximum atomic E-state index is 11.8. The van der Waals surface area contributed by atoms with Gasteiger partial charge in [0.05, 0.1) is 11.0 Å². The molecule has 150 valence electrons. The van der Waals surface area contributed by atoms with Crippen LogP contribution in [0.3, 0.4) is 0 Å². The van der Waals surface area contributed by atoms with E-state index in [-0.39, 0.29) is 11.3 Å². The van der Waals surface area contributed by atoms with Gasteiger partial charge in [0.15, 0.2) is 6.29 Å². The third-order valence-corrected chi connectivity index (χ3v) is 4.75. The molecular weight excluding hydrogens is 400 g/mol. The summed E-state index contributed by atoms with van der Waals surface area (Å²) in [5.41, 5.74) is -1.07. The maximum absolute atomic E-state index is 11.8. The number of carboxylic acid groups (broad SMARTS) is 2. The van der Waals surface area contributed by atoms with E-state index >= 15 is 0 Å². The van der Waals surface area contributed by atoms with Crippen LogP contribution in [-0.4, -0.2) is 58.1 Å². The van der Waals surface area contributed by atoms with E-state index in [4.69, 9.17) is 0 Å². The highest BCUT2D eigenvalue weighted by atomic mass is 32.2. The van der Waals surface area contributed by atoms with Crippen LogP contribution >= 0.6 is 0 Å². The second-order valence-corrected chi connectivity index (χ2v) is 7.22. The molecule has 1 aliphatic heterocycles. The highest BCUT2D eigenvalue weighted by molar-refractivity contribution is 8.02. The Hall–Kier alpha value is -3.39. The molecule has 13 nitrogen and oxygen atoms in total. The van der Waals surface area contributed by atoms with Gasteiger partial charge in [0.25, 0.3) is 15.7 Å². The van der Waals surface area contributed by atoms with Crippen molar-refractivity contribution in [2.75, 3.05) is 0 Å². The van der Waals surface area contributed by atoms with Crippen molar-refractivity contribution < 1.29 is 37.9 Å². The van der Waals surface area contributed by atoms with Crippen LogP contribution in [0.15, 0.2) is 29.3 Å². The van der Waals surface area contributed by atoms with Gasteiger partial charge in [-0.2, -0.15) is 4.72 Å². The van der Waals surface area contributed by atoms with Crippen molar-refractivity contribution in [1.82, 2.24) is 9.62 Å². The molecule has 14 heteroatoms. The number of non-ortho nitro benzene ring substituents is 1. The number of sulfonamides is 1. The minimum absolute atomic E-state index is 0.0615. The van der Waals surface area contributed by atoms with E-state index in [2.05, 4.69) is 4.99 Å². The number of nitrogens with one attached hydrogen (secondary N) is 1. The summed E-state index contributed by atoms with van der Waals surface area (Å²) in [6.07, 6.45) is -3.59. The molecule has 28 heavy (non-hydrogen) atoms. The fourth-order valence-electron chi connectivity index (χ4n) is 2.85. The monoisotopic (exact) mass is 414 g/mol. The highest BCUT2D eigenvalue weighted by Gasteiger charge is 2.46. The lowest BCUT2D eigenvalue weighted by molar-refractivity contribution is -0.385. The van der Waals surface area contributed by atoms with Crippen LogP contribution in [0, 0.1) is 16.0 Å². The molecule has 1 heterocycles. The number of aliphatic imine (C=N–C) groups is 1. The molecule has 0 saturated heterocycles. The first-order valence-electron chi connectivity index (χ1n) is 7.48. The summed E-state index contributed by atoms with van der Waals surface area (Å²) in [5.74, 6) is -3.02. The molecule has 3 N–H and O–H groups in total. The minimum Gasteiger partial charge on any atom is -0.481 e. The molecule has 2 rings (SSSR count). The lowest BCUT2D eigenvalue weighted by Crippen LogP contribution is -2.57.